The first kappa shape index (κ1) is 12.9. The standard InChI is InChI=1S/C10H8F2O5/c1-16-5-3-4(11)7(12)6(9(5)17-2)8(13)10(14)15/h3H,1-2H3,(H,14,15). The fourth-order valence-electron chi connectivity index (χ4n) is 1.25. The number of rotatable bonds is 4. The van der Waals surface area contributed by atoms with Crippen LogP contribution in [0.4, 0.5) is 8.78 Å². The maximum atomic E-state index is 13.4. The van der Waals surface area contributed by atoms with Crippen LogP contribution < -0.4 is 9.47 Å². The number of carboxylic acid groups (broad SMARTS) is 1. The smallest absolute Gasteiger partial charge is 0.377 e. The molecule has 0 bridgehead atoms. The largest absolute Gasteiger partial charge is 0.493 e. The summed E-state index contributed by atoms with van der Waals surface area (Å²) in [5, 5.41) is 8.50. The van der Waals surface area contributed by atoms with Crippen LogP contribution in [0.2, 0.25) is 0 Å². The third-order valence-corrected chi connectivity index (χ3v) is 1.98. The molecule has 0 aliphatic carbocycles. The van der Waals surface area contributed by atoms with Gasteiger partial charge in [0, 0.05) is 6.07 Å². The van der Waals surface area contributed by atoms with Gasteiger partial charge in [-0.2, -0.15) is 0 Å². The molecule has 1 N–H and O–H groups in total. The van der Waals surface area contributed by atoms with Crippen molar-refractivity contribution in [2.24, 2.45) is 0 Å². The highest BCUT2D eigenvalue weighted by molar-refractivity contribution is 6.40. The van der Waals surface area contributed by atoms with Crippen LogP contribution in [-0.2, 0) is 4.79 Å². The molecular weight excluding hydrogens is 238 g/mol. The molecule has 1 rings (SSSR count). The van der Waals surface area contributed by atoms with Gasteiger partial charge in [0.15, 0.2) is 23.1 Å². The first-order valence-corrected chi connectivity index (χ1v) is 4.31. The molecule has 0 aliphatic rings. The monoisotopic (exact) mass is 246 g/mol. The number of hydrogen-bond donors (Lipinski definition) is 1. The third-order valence-electron chi connectivity index (χ3n) is 1.98. The van der Waals surface area contributed by atoms with E-state index in [0.29, 0.717) is 6.07 Å². The van der Waals surface area contributed by atoms with E-state index in [1.807, 2.05) is 0 Å². The molecule has 1 aromatic rings. The summed E-state index contributed by atoms with van der Waals surface area (Å²) in [7, 11) is 2.22. The van der Waals surface area contributed by atoms with Crippen molar-refractivity contribution in [3.8, 4) is 11.5 Å². The van der Waals surface area contributed by atoms with Gasteiger partial charge in [-0.05, 0) is 0 Å². The Morgan fingerprint density at radius 3 is 2.24 bits per heavy atom. The Labute approximate surface area is 94.6 Å². The van der Waals surface area contributed by atoms with Crippen LogP contribution in [-0.4, -0.2) is 31.1 Å². The molecule has 0 saturated carbocycles. The Balaban J connectivity index is 3.60. The van der Waals surface area contributed by atoms with Crippen LogP contribution in [0.25, 0.3) is 0 Å². The van der Waals surface area contributed by atoms with Crippen LogP contribution in [0.15, 0.2) is 6.07 Å². The van der Waals surface area contributed by atoms with Crippen molar-refractivity contribution in [3.63, 3.8) is 0 Å². The van der Waals surface area contributed by atoms with Gasteiger partial charge >= 0.3 is 5.97 Å². The van der Waals surface area contributed by atoms with Crippen molar-refractivity contribution in [1.82, 2.24) is 0 Å². The van der Waals surface area contributed by atoms with Crippen molar-refractivity contribution in [3.05, 3.63) is 23.3 Å². The number of carboxylic acids is 1. The van der Waals surface area contributed by atoms with E-state index in [0.717, 1.165) is 14.2 Å². The lowest BCUT2D eigenvalue weighted by atomic mass is 10.1. The summed E-state index contributed by atoms with van der Waals surface area (Å²) in [6, 6.07) is 0.660. The summed E-state index contributed by atoms with van der Waals surface area (Å²) in [6.07, 6.45) is 0. The molecule has 0 radical (unpaired) electrons. The maximum Gasteiger partial charge on any atom is 0.377 e. The van der Waals surface area contributed by atoms with Gasteiger partial charge in [-0.1, -0.05) is 0 Å². The van der Waals surface area contributed by atoms with E-state index in [2.05, 4.69) is 9.47 Å². The van der Waals surface area contributed by atoms with E-state index in [4.69, 9.17) is 5.11 Å². The Kier molecular flexibility index (Phi) is 3.62. The highest BCUT2D eigenvalue weighted by Crippen LogP contribution is 2.34. The van der Waals surface area contributed by atoms with Crippen LogP contribution in [0.1, 0.15) is 10.4 Å². The molecular formula is C10H8F2O5. The molecule has 0 fully saturated rings. The zero-order valence-electron chi connectivity index (χ0n) is 8.91. The van der Waals surface area contributed by atoms with Crippen LogP contribution in [0.3, 0.4) is 0 Å². The third kappa shape index (κ3) is 2.17. The number of ketones is 1. The molecule has 0 aromatic heterocycles. The van der Waals surface area contributed by atoms with Crippen molar-refractivity contribution in [2.45, 2.75) is 0 Å². The van der Waals surface area contributed by atoms with Gasteiger partial charge < -0.3 is 14.6 Å². The number of Topliss-reactive ketones (excluding diaryl/α,β-unsaturated/α-hetero) is 1. The van der Waals surface area contributed by atoms with Gasteiger partial charge in [0.2, 0.25) is 0 Å². The van der Waals surface area contributed by atoms with Crippen molar-refractivity contribution in [2.75, 3.05) is 14.2 Å². The topological polar surface area (TPSA) is 72.8 Å². The fourth-order valence-corrected chi connectivity index (χ4v) is 1.25. The minimum absolute atomic E-state index is 0.268. The molecule has 1 aromatic carbocycles. The van der Waals surface area contributed by atoms with E-state index < -0.39 is 34.7 Å². The van der Waals surface area contributed by atoms with Crippen molar-refractivity contribution < 1.29 is 33.0 Å². The first-order valence-electron chi connectivity index (χ1n) is 4.31. The molecule has 0 atom stereocenters. The van der Waals surface area contributed by atoms with E-state index in [1.165, 1.54) is 0 Å². The summed E-state index contributed by atoms with van der Waals surface area (Å²) in [6.45, 7) is 0. The minimum Gasteiger partial charge on any atom is -0.493 e. The van der Waals surface area contributed by atoms with E-state index in [-0.39, 0.29) is 5.75 Å². The van der Waals surface area contributed by atoms with E-state index in [1.54, 1.807) is 0 Å². The second-order valence-corrected chi connectivity index (χ2v) is 2.92. The Hall–Kier alpha value is -2.18. The molecule has 0 heterocycles. The van der Waals surface area contributed by atoms with Crippen LogP contribution in [0.5, 0.6) is 11.5 Å². The lowest BCUT2D eigenvalue weighted by Gasteiger charge is -2.12. The fraction of sp³-hybridized carbons (Fsp3) is 0.200. The van der Waals surface area contributed by atoms with Gasteiger partial charge in [-0.3, -0.25) is 4.79 Å². The quantitative estimate of drug-likeness (QED) is 0.639. The molecule has 0 amide bonds. The number of halogens is 2. The van der Waals surface area contributed by atoms with Crippen molar-refractivity contribution in [1.29, 1.82) is 0 Å². The predicted molar refractivity (Wildman–Crippen MR) is 51.4 cm³/mol. The summed E-state index contributed by atoms with van der Waals surface area (Å²) in [5.74, 6) is -7.25. The zero-order valence-corrected chi connectivity index (χ0v) is 8.91. The highest BCUT2D eigenvalue weighted by atomic mass is 19.2. The zero-order chi connectivity index (χ0) is 13.2. The van der Waals surface area contributed by atoms with Gasteiger partial charge in [-0.15, -0.1) is 0 Å². The molecule has 0 unspecified atom stereocenters. The van der Waals surface area contributed by atoms with Gasteiger partial charge in [-0.25, -0.2) is 13.6 Å². The number of aliphatic carboxylic acids is 1. The summed E-state index contributed by atoms with van der Waals surface area (Å²) < 4.78 is 35.8. The SMILES string of the molecule is COc1cc(F)c(F)c(C(=O)C(=O)O)c1OC. The molecule has 0 spiro atoms. The maximum absolute atomic E-state index is 13.4. The highest BCUT2D eigenvalue weighted by Gasteiger charge is 2.29. The molecule has 92 valence electrons. The molecule has 5 nitrogen and oxygen atoms in total. The first-order chi connectivity index (χ1) is 7.93. The average Bonchev–Trinajstić information content (AvgIpc) is 2.30. The van der Waals surface area contributed by atoms with Gasteiger partial charge in [0.1, 0.15) is 5.56 Å². The normalized spacial score (nSPS) is 9.88. The number of methoxy groups -OCH3 is 2. The minimum atomic E-state index is -1.92. The van der Waals surface area contributed by atoms with E-state index >= 15 is 0 Å². The summed E-state index contributed by atoms with van der Waals surface area (Å²) >= 11 is 0. The number of ether oxygens (including phenoxy) is 2. The average molecular weight is 246 g/mol. The van der Waals surface area contributed by atoms with E-state index in [9.17, 15) is 18.4 Å². The summed E-state index contributed by atoms with van der Waals surface area (Å²) in [4.78, 5) is 21.7. The predicted octanol–water partition coefficient (Wildman–Crippen LogP) is 1.25. The number of hydrogen-bond acceptors (Lipinski definition) is 4. The number of benzene rings is 1. The number of carbonyl (C=O) groups excluding carboxylic acids is 1. The second-order valence-electron chi connectivity index (χ2n) is 2.92. The molecule has 7 heteroatoms. The molecule has 17 heavy (non-hydrogen) atoms. The lowest BCUT2D eigenvalue weighted by molar-refractivity contribution is -0.131. The second kappa shape index (κ2) is 4.77. The molecule has 0 saturated heterocycles. The Morgan fingerprint density at radius 1 is 1.24 bits per heavy atom. The Morgan fingerprint density at radius 2 is 1.82 bits per heavy atom. The van der Waals surface area contributed by atoms with Crippen LogP contribution >= 0.6 is 0 Å². The lowest BCUT2D eigenvalue weighted by Crippen LogP contribution is -2.17. The van der Waals surface area contributed by atoms with Gasteiger partial charge in [0.05, 0.1) is 14.2 Å². The van der Waals surface area contributed by atoms with Crippen molar-refractivity contribution >= 4 is 11.8 Å². The van der Waals surface area contributed by atoms with Gasteiger partial charge in [0.25, 0.3) is 5.78 Å². The molecule has 0 aliphatic heterocycles. The van der Waals surface area contributed by atoms with Crippen LogP contribution in [0, 0.1) is 11.6 Å². The Bertz CT molecular complexity index is 484. The number of carbonyl (C=O) groups is 2. The summed E-state index contributed by atoms with van der Waals surface area (Å²) in [5.41, 5.74) is -1.00.